The molecule has 1 saturated heterocycles. The number of β-amino-alcohol motifs (C(OH)–C–C–N with tert-alkyl or cyclic N) is 1. The van der Waals surface area contributed by atoms with Crippen LogP contribution in [0.15, 0.2) is 0 Å². The minimum atomic E-state index is -1.61. The highest BCUT2D eigenvalue weighted by molar-refractivity contribution is 5.81. The van der Waals surface area contributed by atoms with Crippen molar-refractivity contribution in [2.75, 3.05) is 20.2 Å². The molecule has 0 aromatic heterocycles. The number of piperidine rings is 1. The van der Waals surface area contributed by atoms with Crippen molar-refractivity contribution in [1.29, 1.82) is 0 Å². The Morgan fingerprint density at radius 1 is 1.53 bits per heavy atom. The van der Waals surface area contributed by atoms with Crippen LogP contribution in [0.25, 0.3) is 0 Å². The van der Waals surface area contributed by atoms with E-state index < -0.39 is 23.5 Å². The summed E-state index contributed by atoms with van der Waals surface area (Å²) >= 11 is 0. The van der Waals surface area contributed by atoms with Crippen molar-refractivity contribution >= 4 is 11.9 Å². The molecule has 0 bridgehead atoms. The number of aliphatic hydroxyl groups is 1. The number of carbonyl (C=O) groups is 2. The molecule has 0 spiro atoms. The van der Waals surface area contributed by atoms with Crippen molar-refractivity contribution in [1.82, 2.24) is 4.90 Å². The van der Waals surface area contributed by atoms with E-state index in [1.54, 1.807) is 4.90 Å². The van der Waals surface area contributed by atoms with E-state index in [0.717, 1.165) is 12.8 Å². The number of amides is 1. The Bertz CT molecular complexity index is 304. The highest BCUT2D eigenvalue weighted by Crippen LogP contribution is 2.20. The summed E-state index contributed by atoms with van der Waals surface area (Å²) in [5, 5.41) is 9.97. The standard InChI is InChI=1S/C11H20N2O4/c1-11(16,10(15)17-2)7-13-6-4-3-5-8(13)9(12)14/h8,16H,3-7H2,1-2H3,(H2,12,14). The molecule has 0 aromatic rings. The number of methoxy groups -OCH3 is 1. The Balaban J connectivity index is 2.70. The number of ether oxygens (including phenoxy) is 1. The summed E-state index contributed by atoms with van der Waals surface area (Å²) in [6.07, 6.45) is 2.54. The third-order valence-electron chi connectivity index (χ3n) is 3.08. The summed E-state index contributed by atoms with van der Waals surface area (Å²) in [6.45, 7) is 2.10. The van der Waals surface area contributed by atoms with Crippen molar-refractivity contribution in [3.8, 4) is 0 Å². The first-order chi connectivity index (χ1) is 7.88. The molecule has 1 aliphatic heterocycles. The summed E-state index contributed by atoms with van der Waals surface area (Å²) < 4.78 is 4.52. The molecule has 1 heterocycles. The molecule has 0 aliphatic carbocycles. The number of nitrogens with zero attached hydrogens (tertiary/aromatic N) is 1. The molecule has 6 heteroatoms. The zero-order valence-electron chi connectivity index (χ0n) is 10.3. The van der Waals surface area contributed by atoms with E-state index in [1.807, 2.05) is 0 Å². The maximum Gasteiger partial charge on any atom is 0.338 e. The number of hydrogen-bond donors (Lipinski definition) is 2. The predicted octanol–water partition coefficient (Wildman–Crippen LogP) is -0.750. The fourth-order valence-electron chi connectivity index (χ4n) is 2.18. The Morgan fingerprint density at radius 2 is 2.18 bits per heavy atom. The molecule has 1 fully saturated rings. The Kier molecular flexibility index (Phi) is 4.47. The van der Waals surface area contributed by atoms with Gasteiger partial charge in [0.2, 0.25) is 5.91 Å². The molecular weight excluding hydrogens is 224 g/mol. The van der Waals surface area contributed by atoms with Crippen LogP contribution < -0.4 is 5.73 Å². The van der Waals surface area contributed by atoms with Crippen molar-refractivity contribution in [3.05, 3.63) is 0 Å². The van der Waals surface area contributed by atoms with Gasteiger partial charge in [-0.05, 0) is 26.3 Å². The first kappa shape index (κ1) is 13.9. The van der Waals surface area contributed by atoms with Gasteiger partial charge in [-0.25, -0.2) is 4.79 Å². The van der Waals surface area contributed by atoms with Crippen LogP contribution in [-0.4, -0.2) is 53.7 Å². The number of hydrogen-bond acceptors (Lipinski definition) is 5. The molecule has 0 radical (unpaired) electrons. The van der Waals surface area contributed by atoms with Crippen molar-refractivity contribution in [2.45, 2.75) is 37.8 Å². The van der Waals surface area contributed by atoms with E-state index in [2.05, 4.69) is 4.74 Å². The predicted molar refractivity (Wildman–Crippen MR) is 61.0 cm³/mol. The molecule has 2 atom stereocenters. The minimum Gasteiger partial charge on any atom is -0.467 e. The third kappa shape index (κ3) is 3.41. The molecule has 17 heavy (non-hydrogen) atoms. The second kappa shape index (κ2) is 5.46. The lowest BCUT2D eigenvalue weighted by atomic mass is 9.98. The SMILES string of the molecule is COC(=O)C(C)(O)CN1CCCCC1C(N)=O. The monoisotopic (exact) mass is 244 g/mol. The Hall–Kier alpha value is -1.14. The Morgan fingerprint density at radius 3 is 2.71 bits per heavy atom. The third-order valence-corrected chi connectivity index (χ3v) is 3.08. The van der Waals surface area contributed by atoms with E-state index in [-0.39, 0.29) is 6.54 Å². The number of rotatable bonds is 4. The van der Waals surface area contributed by atoms with Crippen LogP contribution >= 0.6 is 0 Å². The van der Waals surface area contributed by atoms with Crippen LogP contribution in [-0.2, 0) is 14.3 Å². The lowest BCUT2D eigenvalue weighted by molar-refractivity contribution is -0.163. The van der Waals surface area contributed by atoms with Crippen molar-refractivity contribution < 1.29 is 19.4 Å². The normalized spacial score (nSPS) is 25.0. The summed E-state index contributed by atoms with van der Waals surface area (Å²) in [4.78, 5) is 24.4. The number of likely N-dealkylation sites (tertiary alicyclic amines) is 1. The lowest BCUT2D eigenvalue weighted by Gasteiger charge is -2.37. The van der Waals surface area contributed by atoms with Crippen LogP contribution in [0.2, 0.25) is 0 Å². The van der Waals surface area contributed by atoms with Crippen LogP contribution in [0.5, 0.6) is 0 Å². The van der Waals surface area contributed by atoms with Gasteiger partial charge in [0.1, 0.15) is 0 Å². The number of carbonyl (C=O) groups excluding carboxylic acids is 2. The van der Waals surface area contributed by atoms with Gasteiger partial charge in [0.15, 0.2) is 5.60 Å². The maximum absolute atomic E-state index is 11.4. The fraction of sp³-hybridized carbons (Fsp3) is 0.818. The second-order valence-corrected chi connectivity index (χ2v) is 4.65. The molecule has 0 aromatic carbocycles. The largest absolute Gasteiger partial charge is 0.467 e. The maximum atomic E-state index is 11.4. The smallest absolute Gasteiger partial charge is 0.338 e. The number of esters is 1. The van der Waals surface area contributed by atoms with Crippen LogP contribution in [0.3, 0.4) is 0 Å². The molecule has 0 saturated carbocycles. The first-order valence-electron chi connectivity index (χ1n) is 5.72. The Labute approximate surface area is 101 Å². The van der Waals surface area contributed by atoms with Crippen LogP contribution in [0.1, 0.15) is 26.2 Å². The molecule has 1 amide bonds. The quantitative estimate of drug-likeness (QED) is 0.635. The van der Waals surface area contributed by atoms with Crippen LogP contribution in [0.4, 0.5) is 0 Å². The molecule has 1 aliphatic rings. The van der Waals surface area contributed by atoms with Gasteiger partial charge in [-0.15, -0.1) is 0 Å². The zero-order chi connectivity index (χ0) is 13.1. The highest BCUT2D eigenvalue weighted by Gasteiger charge is 2.38. The first-order valence-corrected chi connectivity index (χ1v) is 5.72. The number of primary amides is 1. The minimum absolute atomic E-state index is 0.0628. The van der Waals surface area contributed by atoms with Crippen molar-refractivity contribution in [2.24, 2.45) is 5.73 Å². The van der Waals surface area contributed by atoms with Crippen molar-refractivity contribution in [3.63, 3.8) is 0 Å². The molecule has 98 valence electrons. The van der Waals surface area contributed by atoms with Gasteiger partial charge >= 0.3 is 5.97 Å². The van der Waals surface area contributed by atoms with Gasteiger partial charge in [0, 0.05) is 6.54 Å². The molecule has 2 unspecified atom stereocenters. The zero-order valence-corrected chi connectivity index (χ0v) is 10.3. The fourth-order valence-corrected chi connectivity index (χ4v) is 2.18. The molecular formula is C11H20N2O4. The lowest BCUT2D eigenvalue weighted by Crippen LogP contribution is -2.55. The van der Waals surface area contributed by atoms with Gasteiger partial charge in [0.05, 0.1) is 13.2 Å². The summed E-state index contributed by atoms with van der Waals surface area (Å²) in [5.41, 5.74) is 3.70. The average Bonchev–Trinajstić information content (AvgIpc) is 2.27. The summed E-state index contributed by atoms with van der Waals surface area (Å²) in [5.74, 6) is -1.11. The molecule has 1 rings (SSSR count). The van der Waals surface area contributed by atoms with E-state index in [1.165, 1.54) is 14.0 Å². The van der Waals surface area contributed by atoms with Gasteiger partial charge in [0.25, 0.3) is 0 Å². The second-order valence-electron chi connectivity index (χ2n) is 4.65. The summed E-state index contributed by atoms with van der Waals surface area (Å²) in [7, 11) is 1.22. The average molecular weight is 244 g/mol. The molecule has 3 N–H and O–H groups in total. The van der Waals surface area contributed by atoms with E-state index in [4.69, 9.17) is 5.73 Å². The van der Waals surface area contributed by atoms with E-state index in [0.29, 0.717) is 13.0 Å². The van der Waals surface area contributed by atoms with E-state index >= 15 is 0 Å². The highest BCUT2D eigenvalue weighted by atomic mass is 16.5. The van der Waals surface area contributed by atoms with Crippen LogP contribution in [0, 0.1) is 0 Å². The topological polar surface area (TPSA) is 92.9 Å². The summed E-state index contributed by atoms with van der Waals surface area (Å²) in [6, 6.07) is -0.403. The van der Waals surface area contributed by atoms with E-state index in [9.17, 15) is 14.7 Å². The van der Waals surface area contributed by atoms with Gasteiger partial charge in [-0.1, -0.05) is 6.42 Å². The van der Waals surface area contributed by atoms with Gasteiger partial charge < -0.3 is 15.6 Å². The van der Waals surface area contributed by atoms with Gasteiger partial charge in [-0.2, -0.15) is 0 Å². The van der Waals surface area contributed by atoms with Gasteiger partial charge in [-0.3, -0.25) is 9.69 Å². The molecule has 6 nitrogen and oxygen atoms in total. The number of nitrogens with two attached hydrogens (primary N) is 1.